The summed E-state index contributed by atoms with van der Waals surface area (Å²) in [5.74, 6) is 0.351. The predicted molar refractivity (Wildman–Crippen MR) is 70.9 cm³/mol. The third-order valence-electron chi connectivity index (χ3n) is 3.12. The first-order valence-corrected chi connectivity index (χ1v) is 5.96. The van der Waals surface area contributed by atoms with Gasteiger partial charge in [-0.1, -0.05) is 43.3 Å². The zero-order chi connectivity index (χ0) is 12.1. The second-order valence-electron chi connectivity index (χ2n) is 4.22. The highest BCUT2D eigenvalue weighted by atomic mass is 14.9. The average molecular weight is 226 g/mol. The fourth-order valence-corrected chi connectivity index (χ4v) is 2.18. The highest BCUT2D eigenvalue weighted by Gasteiger charge is 2.19. The minimum atomic E-state index is 0.297. The maximum absolute atomic E-state index is 4.43. The summed E-state index contributed by atoms with van der Waals surface area (Å²) in [6.07, 6.45) is 1.85. The highest BCUT2D eigenvalue weighted by molar-refractivity contribution is 5.24. The molecule has 2 nitrogen and oxygen atoms in total. The second-order valence-corrected chi connectivity index (χ2v) is 4.22. The molecule has 1 aromatic heterocycles. The van der Waals surface area contributed by atoms with Crippen LogP contribution < -0.4 is 5.32 Å². The molecule has 0 spiro atoms. The van der Waals surface area contributed by atoms with Gasteiger partial charge >= 0.3 is 0 Å². The van der Waals surface area contributed by atoms with Crippen LogP contribution in [0.15, 0.2) is 54.7 Å². The Morgan fingerprint density at radius 3 is 2.29 bits per heavy atom. The third-order valence-corrected chi connectivity index (χ3v) is 3.12. The fourth-order valence-electron chi connectivity index (χ4n) is 2.18. The van der Waals surface area contributed by atoms with Gasteiger partial charge < -0.3 is 5.32 Å². The molecule has 0 fully saturated rings. The predicted octanol–water partition coefficient (Wildman–Crippen LogP) is 3.15. The van der Waals surface area contributed by atoms with E-state index >= 15 is 0 Å². The van der Waals surface area contributed by atoms with E-state index in [2.05, 4.69) is 47.6 Å². The minimum Gasteiger partial charge on any atom is -0.312 e. The van der Waals surface area contributed by atoms with Crippen LogP contribution in [0.4, 0.5) is 0 Å². The Labute approximate surface area is 103 Å². The van der Waals surface area contributed by atoms with E-state index in [0.717, 1.165) is 5.69 Å². The Bertz CT molecular complexity index is 439. The number of hydrogen-bond acceptors (Lipinski definition) is 2. The van der Waals surface area contributed by atoms with E-state index in [1.54, 1.807) is 0 Å². The van der Waals surface area contributed by atoms with Crippen LogP contribution in [0.25, 0.3) is 0 Å². The largest absolute Gasteiger partial charge is 0.312 e. The number of nitrogens with zero attached hydrogens (tertiary/aromatic N) is 1. The molecule has 0 aliphatic rings. The van der Waals surface area contributed by atoms with Gasteiger partial charge in [0.1, 0.15) is 0 Å². The Balaban J connectivity index is 2.25. The number of likely N-dealkylation sites (N-methyl/N-ethyl adjacent to an activating group) is 1. The van der Waals surface area contributed by atoms with Gasteiger partial charge in [-0.3, -0.25) is 4.98 Å². The van der Waals surface area contributed by atoms with E-state index in [4.69, 9.17) is 0 Å². The van der Waals surface area contributed by atoms with Crippen LogP contribution >= 0.6 is 0 Å². The normalized spacial score (nSPS) is 14.2. The zero-order valence-corrected chi connectivity index (χ0v) is 10.3. The summed E-state index contributed by atoms with van der Waals surface area (Å²) in [6, 6.07) is 16.9. The number of hydrogen-bond donors (Lipinski definition) is 1. The molecule has 0 saturated carbocycles. The molecular weight excluding hydrogens is 208 g/mol. The van der Waals surface area contributed by atoms with E-state index in [1.165, 1.54) is 5.56 Å². The van der Waals surface area contributed by atoms with Crippen molar-refractivity contribution in [3.63, 3.8) is 0 Å². The molecule has 0 saturated heterocycles. The van der Waals surface area contributed by atoms with Gasteiger partial charge in [0.2, 0.25) is 0 Å². The molecule has 1 aromatic carbocycles. The lowest BCUT2D eigenvalue weighted by Crippen LogP contribution is -2.22. The van der Waals surface area contributed by atoms with Crippen molar-refractivity contribution in [1.82, 2.24) is 10.3 Å². The van der Waals surface area contributed by atoms with Gasteiger partial charge in [0.25, 0.3) is 0 Å². The summed E-state index contributed by atoms with van der Waals surface area (Å²) < 4.78 is 0. The number of rotatable bonds is 4. The molecule has 1 heterocycles. The average Bonchev–Trinajstić information content (AvgIpc) is 2.42. The van der Waals surface area contributed by atoms with Crippen LogP contribution in [-0.4, -0.2) is 12.0 Å². The topological polar surface area (TPSA) is 24.9 Å². The summed E-state index contributed by atoms with van der Waals surface area (Å²) in [5.41, 5.74) is 2.42. The van der Waals surface area contributed by atoms with Crippen LogP contribution in [0.5, 0.6) is 0 Å². The monoisotopic (exact) mass is 226 g/mol. The van der Waals surface area contributed by atoms with Gasteiger partial charge in [0.15, 0.2) is 0 Å². The fraction of sp³-hybridized carbons (Fsp3) is 0.267. The van der Waals surface area contributed by atoms with Crippen LogP contribution in [0.1, 0.15) is 30.1 Å². The molecule has 0 bridgehead atoms. The highest BCUT2D eigenvalue weighted by Crippen LogP contribution is 2.28. The summed E-state index contributed by atoms with van der Waals surface area (Å²) in [5, 5.41) is 3.38. The van der Waals surface area contributed by atoms with Crippen molar-refractivity contribution < 1.29 is 0 Å². The van der Waals surface area contributed by atoms with Gasteiger partial charge in [0.05, 0.1) is 0 Å². The van der Waals surface area contributed by atoms with Crippen LogP contribution in [0.2, 0.25) is 0 Å². The van der Waals surface area contributed by atoms with Crippen molar-refractivity contribution in [2.24, 2.45) is 0 Å². The van der Waals surface area contributed by atoms with Crippen LogP contribution in [-0.2, 0) is 0 Å². The molecule has 0 amide bonds. The van der Waals surface area contributed by atoms with Crippen molar-refractivity contribution in [1.29, 1.82) is 0 Å². The Hall–Kier alpha value is -1.67. The van der Waals surface area contributed by atoms with Crippen molar-refractivity contribution in [2.45, 2.75) is 18.9 Å². The molecule has 88 valence electrons. The number of pyridine rings is 1. The Morgan fingerprint density at radius 1 is 1.00 bits per heavy atom. The van der Waals surface area contributed by atoms with Gasteiger partial charge in [-0.25, -0.2) is 0 Å². The molecule has 1 N–H and O–H groups in total. The Morgan fingerprint density at radius 2 is 1.71 bits per heavy atom. The molecular formula is C15H18N2. The Kier molecular flexibility index (Phi) is 3.89. The van der Waals surface area contributed by atoms with Crippen molar-refractivity contribution in [2.75, 3.05) is 7.05 Å². The molecule has 0 aliphatic heterocycles. The number of nitrogens with one attached hydrogen (secondary N) is 1. The molecule has 2 aromatic rings. The van der Waals surface area contributed by atoms with E-state index in [9.17, 15) is 0 Å². The smallest absolute Gasteiger partial charge is 0.0450 e. The van der Waals surface area contributed by atoms with E-state index in [1.807, 2.05) is 31.4 Å². The SMILES string of the molecule is CNC(c1ccccc1)C(C)c1ccccn1. The summed E-state index contributed by atoms with van der Waals surface area (Å²) in [6.45, 7) is 2.20. The number of aromatic nitrogens is 1. The van der Waals surface area contributed by atoms with E-state index in [0.29, 0.717) is 12.0 Å². The first-order chi connectivity index (χ1) is 8.33. The summed E-state index contributed by atoms with van der Waals surface area (Å²) in [7, 11) is 2.00. The second kappa shape index (κ2) is 5.60. The lowest BCUT2D eigenvalue weighted by molar-refractivity contribution is 0.499. The molecule has 2 atom stereocenters. The van der Waals surface area contributed by atoms with Crippen LogP contribution in [0, 0.1) is 0 Å². The van der Waals surface area contributed by atoms with Crippen molar-refractivity contribution in [3.8, 4) is 0 Å². The van der Waals surface area contributed by atoms with Gasteiger partial charge in [-0.05, 0) is 24.7 Å². The van der Waals surface area contributed by atoms with E-state index < -0.39 is 0 Å². The summed E-state index contributed by atoms with van der Waals surface area (Å²) >= 11 is 0. The lowest BCUT2D eigenvalue weighted by Gasteiger charge is -2.23. The number of benzene rings is 1. The van der Waals surface area contributed by atoms with Crippen molar-refractivity contribution >= 4 is 0 Å². The van der Waals surface area contributed by atoms with E-state index in [-0.39, 0.29) is 0 Å². The molecule has 0 radical (unpaired) electrons. The third kappa shape index (κ3) is 2.71. The first kappa shape index (κ1) is 11.8. The summed E-state index contributed by atoms with van der Waals surface area (Å²) in [4.78, 5) is 4.43. The molecule has 17 heavy (non-hydrogen) atoms. The maximum Gasteiger partial charge on any atom is 0.0450 e. The first-order valence-electron chi connectivity index (χ1n) is 5.96. The molecule has 2 rings (SSSR count). The standard InChI is InChI=1S/C15H18N2/c1-12(14-10-6-7-11-17-14)15(16-2)13-8-4-3-5-9-13/h3-12,15-16H,1-2H3. The van der Waals surface area contributed by atoms with Crippen molar-refractivity contribution in [3.05, 3.63) is 66.0 Å². The zero-order valence-electron chi connectivity index (χ0n) is 10.3. The quantitative estimate of drug-likeness (QED) is 0.866. The maximum atomic E-state index is 4.43. The molecule has 2 unspecified atom stereocenters. The van der Waals surface area contributed by atoms with Gasteiger partial charge in [0, 0.05) is 23.9 Å². The molecule has 0 aliphatic carbocycles. The van der Waals surface area contributed by atoms with Crippen LogP contribution in [0.3, 0.4) is 0 Å². The molecule has 2 heteroatoms. The van der Waals surface area contributed by atoms with Gasteiger partial charge in [-0.15, -0.1) is 0 Å². The minimum absolute atomic E-state index is 0.297. The lowest BCUT2D eigenvalue weighted by atomic mass is 9.92. The van der Waals surface area contributed by atoms with Gasteiger partial charge in [-0.2, -0.15) is 0 Å².